The number of halogens is 1. The van der Waals surface area contributed by atoms with Gasteiger partial charge in [0, 0.05) is 13.2 Å². The van der Waals surface area contributed by atoms with Gasteiger partial charge in [0.25, 0.3) is 10.0 Å². The van der Waals surface area contributed by atoms with Crippen molar-refractivity contribution in [3.63, 3.8) is 0 Å². The van der Waals surface area contributed by atoms with Gasteiger partial charge in [-0.05, 0) is 42.3 Å². The molecular formula is C24H24FN3O2S. The topological polar surface area (TPSA) is 52.7 Å². The van der Waals surface area contributed by atoms with E-state index in [1.807, 2.05) is 74.6 Å². The SMILES string of the molecule is CN1C=C(N(Cc2ccccc2)S(=O)(=O)c2ccc(F)cc2)C(C)(c2ccccc2)N1. The molecule has 1 heterocycles. The Hall–Kier alpha value is -3.16. The summed E-state index contributed by atoms with van der Waals surface area (Å²) in [6.45, 7) is 2.10. The van der Waals surface area contributed by atoms with Gasteiger partial charge in [0.1, 0.15) is 11.4 Å². The number of rotatable bonds is 6. The van der Waals surface area contributed by atoms with Crippen LogP contribution in [0.4, 0.5) is 4.39 Å². The first kappa shape index (κ1) is 21.1. The highest BCUT2D eigenvalue weighted by molar-refractivity contribution is 7.89. The van der Waals surface area contributed by atoms with Crippen LogP contribution in [0, 0.1) is 5.82 Å². The van der Waals surface area contributed by atoms with Crippen molar-refractivity contribution in [1.82, 2.24) is 14.7 Å². The summed E-state index contributed by atoms with van der Waals surface area (Å²) >= 11 is 0. The first-order valence-corrected chi connectivity index (χ1v) is 11.4. The molecule has 1 N–H and O–H groups in total. The van der Waals surface area contributed by atoms with Crippen molar-refractivity contribution in [2.45, 2.75) is 23.9 Å². The molecule has 0 aliphatic carbocycles. The minimum Gasteiger partial charge on any atom is -0.316 e. The van der Waals surface area contributed by atoms with Crippen molar-refractivity contribution in [3.8, 4) is 0 Å². The molecule has 3 aromatic carbocycles. The van der Waals surface area contributed by atoms with Crippen LogP contribution < -0.4 is 5.43 Å². The van der Waals surface area contributed by atoms with E-state index in [9.17, 15) is 12.8 Å². The van der Waals surface area contributed by atoms with Gasteiger partial charge in [-0.3, -0.25) is 4.31 Å². The Kier molecular flexibility index (Phi) is 5.56. The van der Waals surface area contributed by atoms with Gasteiger partial charge in [-0.1, -0.05) is 60.7 Å². The highest BCUT2D eigenvalue weighted by Crippen LogP contribution is 2.39. The Bertz CT molecular complexity index is 1180. The molecule has 0 bridgehead atoms. The van der Waals surface area contributed by atoms with Crippen LogP contribution in [0.15, 0.2) is 102 Å². The summed E-state index contributed by atoms with van der Waals surface area (Å²) in [7, 11) is -2.14. The van der Waals surface area contributed by atoms with Crippen LogP contribution in [-0.2, 0) is 22.1 Å². The molecule has 7 heteroatoms. The molecule has 31 heavy (non-hydrogen) atoms. The third kappa shape index (κ3) is 4.06. The van der Waals surface area contributed by atoms with E-state index in [1.54, 1.807) is 11.2 Å². The fraction of sp³-hybridized carbons (Fsp3) is 0.167. The molecule has 0 amide bonds. The summed E-state index contributed by atoms with van der Waals surface area (Å²) in [4.78, 5) is 0.0377. The van der Waals surface area contributed by atoms with Gasteiger partial charge in [0.15, 0.2) is 0 Å². The van der Waals surface area contributed by atoms with E-state index in [2.05, 4.69) is 5.43 Å². The fourth-order valence-electron chi connectivity index (χ4n) is 3.84. The maximum absolute atomic E-state index is 13.8. The van der Waals surface area contributed by atoms with E-state index in [1.165, 1.54) is 16.4 Å². The second-order valence-electron chi connectivity index (χ2n) is 7.68. The molecule has 5 nitrogen and oxygen atoms in total. The second kappa shape index (κ2) is 8.17. The Morgan fingerprint density at radius 3 is 2.13 bits per heavy atom. The maximum Gasteiger partial charge on any atom is 0.264 e. The zero-order valence-corrected chi connectivity index (χ0v) is 18.2. The number of nitrogens with zero attached hydrogens (tertiary/aromatic N) is 2. The summed E-state index contributed by atoms with van der Waals surface area (Å²) in [6, 6.07) is 24.0. The molecule has 1 atom stereocenters. The summed E-state index contributed by atoms with van der Waals surface area (Å²) < 4.78 is 42.4. The van der Waals surface area contributed by atoms with Crippen LogP contribution >= 0.6 is 0 Å². The van der Waals surface area contributed by atoms with E-state index >= 15 is 0 Å². The number of hydrogen-bond acceptors (Lipinski definition) is 4. The number of benzene rings is 3. The smallest absolute Gasteiger partial charge is 0.264 e. The van der Waals surface area contributed by atoms with Gasteiger partial charge in [0.05, 0.1) is 17.1 Å². The second-order valence-corrected chi connectivity index (χ2v) is 9.54. The third-order valence-electron chi connectivity index (χ3n) is 5.42. The summed E-state index contributed by atoms with van der Waals surface area (Å²) in [6.07, 6.45) is 1.79. The van der Waals surface area contributed by atoms with Crippen molar-refractivity contribution in [2.24, 2.45) is 0 Å². The molecule has 0 radical (unpaired) electrons. The summed E-state index contributed by atoms with van der Waals surface area (Å²) in [5.41, 5.74) is 4.94. The largest absolute Gasteiger partial charge is 0.316 e. The molecule has 1 aliphatic rings. The third-order valence-corrected chi connectivity index (χ3v) is 7.19. The van der Waals surface area contributed by atoms with Gasteiger partial charge >= 0.3 is 0 Å². The minimum atomic E-state index is -3.97. The van der Waals surface area contributed by atoms with Crippen LogP contribution in [0.2, 0.25) is 0 Å². The molecular weight excluding hydrogens is 413 g/mol. The van der Waals surface area contributed by atoms with Crippen molar-refractivity contribution in [1.29, 1.82) is 0 Å². The molecule has 0 aromatic heterocycles. The molecule has 1 unspecified atom stereocenters. The van der Waals surface area contributed by atoms with Crippen molar-refractivity contribution in [3.05, 3.63) is 114 Å². The maximum atomic E-state index is 13.8. The van der Waals surface area contributed by atoms with E-state index in [4.69, 9.17) is 0 Å². The summed E-state index contributed by atoms with van der Waals surface area (Å²) in [5.74, 6) is -0.482. The molecule has 4 rings (SSSR count). The van der Waals surface area contributed by atoms with Gasteiger partial charge in [-0.2, -0.15) is 0 Å². The molecule has 1 aliphatic heterocycles. The molecule has 3 aromatic rings. The van der Waals surface area contributed by atoms with Gasteiger partial charge in [-0.15, -0.1) is 0 Å². The van der Waals surface area contributed by atoms with E-state index in [-0.39, 0.29) is 11.4 Å². The quantitative estimate of drug-likeness (QED) is 0.627. The van der Waals surface area contributed by atoms with Crippen LogP contribution in [0.5, 0.6) is 0 Å². The predicted molar refractivity (Wildman–Crippen MR) is 118 cm³/mol. The zero-order valence-electron chi connectivity index (χ0n) is 17.4. The monoisotopic (exact) mass is 437 g/mol. The zero-order chi connectivity index (χ0) is 22.1. The normalized spacial score (nSPS) is 18.7. The van der Waals surface area contributed by atoms with E-state index in [0.717, 1.165) is 23.3 Å². The highest BCUT2D eigenvalue weighted by atomic mass is 32.2. The van der Waals surface area contributed by atoms with Gasteiger partial charge < -0.3 is 5.01 Å². The Morgan fingerprint density at radius 1 is 0.935 bits per heavy atom. The number of hydrogen-bond donors (Lipinski definition) is 1. The van der Waals surface area contributed by atoms with Gasteiger partial charge in [-0.25, -0.2) is 18.2 Å². The Morgan fingerprint density at radius 2 is 1.52 bits per heavy atom. The molecule has 160 valence electrons. The van der Waals surface area contributed by atoms with Crippen LogP contribution in [0.25, 0.3) is 0 Å². The summed E-state index contributed by atoms with van der Waals surface area (Å²) in [5, 5.41) is 1.76. The number of nitrogens with one attached hydrogen (secondary N) is 1. The Balaban J connectivity index is 1.86. The highest BCUT2D eigenvalue weighted by Gasteiger charge is 2.43. The predicted octanol–water partition coefficient (Wildman–Crippen LogP) is 4.22. The number of hydrazine groups is 1. The van der Waals surface area contributed by atoms with E-state index < -0.39 is 21.4 Å². The Labute approximate surface area is 182 Å². The van der Waals surface area contributed by atoms with Crippen LogP contribution in [-0.4, -0.2) is 24.8 Å². The lowest BCUT2D eigenvalue weighted by Gasteiger charge is -2.36. The van der Waals surface area contributed by atoms with Gasteiger partial charge in [0.2, 0.25) is 0 Å². The molecule has 0 saturated heterocycles. The molecule has 0 spiro atoms. The standard InChI is InChI=1S/C24H24FN3O2S/c1-24(20-11-7-4-8-12-20)23(18-27(2)26-24)28(17-19-9-5-3-6-10-19)31(29,30)22-15-13-21(25)14-16-22/h3-16,18,26H,17H2,1-2H3. The van der Waals surface area contributed by atoms with Crippen LogP contribution in [0.3, 0.4) is 0 Å². The average molecular weight is 438 g/mol. The van der Waals surface area contributed by atoms with Crippen molar-refractivity contribution >= 4 is 10.0 Å². The first-order chi connectivity index (χ1) is 14.8. The van der Waals surface area contributed by atoms with E-state index in [0.29, 0.717) is 5.70 Å². The average Bonchev–Trinajstić information content (AvgIpc) is 3.08. The van der Waals surface area contributed by atoms with Crippen molar-refractivity contribution in [2.75, 3.05) is 7.05 Å². The van der Waals surface area contributed by atoms with Crippen LogP contribution in [0.1, 0.15) is 18.1 Å². The minimum absolute atomic E-state index is 0.0377. The first-order valence-electron chi connectivity index (χ1n) is 9.91. The lowest BCUT2D eigenvalue weighted by Crippen LogP contribution is -2.46. The van der Waals surface area contributed by atoms with Crippen molar-refractivity contribution < 1.29 is 12.8 Å². The lowest BCUT2D eigenvalue weighted by molar-refractivity contribution is 0.250. The lowest BCUT2D eigenvalue weighted by atomic mass is 9.90. The number of sulfonamides is 1. The molecule has 0 saturated carbocycles. The molecule has 0 fully saturated rings. The fourth-order valence-corrected chi connectivity index (χ4v) is 5.38.